The minimum atomic E-state index is -2.86. The zero-order valence-electron chi connectivity index (χ0n) is 15.9. The van der Waals surface area contributed by atoms with Crippen molar-refractivity contribution in [3.63, 3.8) is 0 Å². The average Bonchev–Trinajstić information content (AvgIpc) is 3.16. The highest BCUT2D eigenvalue weighted by molar-refractivity contribution is 7.91. The van der Waals surface area contributed by atoms with Crippen molar-refractivity contribution in [1.82, 2.24) is 18.9 Å². The number of nitrogens with zero attached hydrogens (tertiary/aromatic N) is 4. The lowest BCUT2D eigenvalue weighted by Crippen LogP contribution is -2.51. The van der Waals surface area contributed by atoms with Crippen LogP contribution in [0.1, 0.15) is 12.1 Å². The van der Waals surface area contributed by atoms with Crippen LogP contribution in [-0.2, 0) is 16.5 Å². The van der Waals surface area contributed by atoms with Crippen molar-refractivity contribution in [2.45, 2.75) is 26.1 Å². The fraction of sp³-hybridized carbons (Fsp3) is 0.526. The lowest BCUT2D eigenvalue weighted by Gasteiger charge is -2.37. The molecule has 1 aromatic heterocycles. The van der Waals surface area contributed by atoms with Gasteiger partial charge in [0.25, 0.3) is 0 Å². The summed E-state index contributed by atoms with van der Waals surface area (Å²) in [4.78, 5) is 17.4. The highest BCUT2D eigenvalue weighted by atomic mass is 35.5. The number of hydrogen-bond acceptors (Lipinski definition) is 5. The van der Waals surface area contributed by atoms with Crippen molar-refractivity contribution < 1.29 is 8.42 Å². The summed E-state index contributed by atoms with van der Waals surface area (Å²) in [6, 6.07) is 7.40. The van der Waals surface area contributed by atoms with Crippen molar-refractivity contribution in [2.24, 2.45) is 0 Å². The number of hydrogen-bond donors (Lipinski definition) is 0. The van der Waals surface area contributed by atoms with Gasteiger partial charge in [0.15, 0.2) is 9.84 Å². The van der Waals surface area contributed by atoms with Gasteiger partial charge in [-0.15, -0.1) is 0 Å². The molecule has 4 rings (SSSR count). The molecule has 0 spiro atoms. The van der Waals surface area contributed by atoms with E-state index in [4.69, 9.17) is 11.6 Å². The minimum Gasteiger partial charge on any atom is -0.297 e. The first-order valence-electron chi connectivity index (χ1n) is 9.54. The normalized spacial score (nSPS) is 23.3. The van der Waals surface area contributed by atoms with Gasteiger partial charge >= 0.3 is 5.69 Å². The molecular weight excluding hydrogens is 400 g/mol. The van der Waals surface area contributed by atoms with E-state index in [9.17, 15) is 13.2 Å². The average molecular weight is 425 g/mol. The van der Waals surface area contributed by atoms with E-state index < -0.39 is 9.84 Å². The van der Waals surface area contributed by atoms with Crippen LogP contribution in [0.5, 0.6) is 0 Å². The Labute approximate surface area is 170 Å². The molecule has 1 aromatic carbocycles. The summed E-state index contributed by atoms with van der Waals surface area (Å²) in [6.45, 7) is 5.79. The molecule has 2 aromatic rings. The van der Waals surface area contributed by atoms with E-state index >= 15 is 0 Å². The molecule has 0 radical (unpaired) electrons. The number of benzene rings is 1. The molecule has 2 aliphatic rings. The van der Waals surface area contributed by atoms with E-state index in [0.717, 1.165) is 44.0 Å². The van der Waals surface area contributed by atoms with Crippen molar-refractivity contribution in [3.05, 3.63) is 51.7 Å². The second kappa shape index (κ2) is 7.67. The Morgan fingerprint density at radius 1 is 1.11 bits per heavy atom. The third-order valence-corrected chi connectivity index (χ3v) is 7.70. The fourth-order valence-corrected chi connectivity index (χ4v) is 6.06. The molecule has 152 valence electrons. The molecule has 0 aliphatic carbocycles. The third-order valence-electron chi connectivity index (χ3n) is 5.70. The molecule has 0 bridgehead atoms. The zero-order chi connectivity index (χ0) is 19.9. The van der Waals surface area contributed by atoms with Gasteiger partial charge < -0.3 is 0 Å². The summed E-state index contributed by atoms with van der Waals surface area (Å²) < 4.78 is 26.8. The molecule has 2 aliphatic heterocycles. The minimum absolute atomic E-state index is 0.0656. The van der Waals surface area contributed by atoms with Gasteiger partial charge in [0.05, 0.1) is 23.9 Å². The van der Waals surface area contributed by atoms with Gasteiger partial charge in [-0.3, -0.25) is 18.9 Å². The topological polar surface area (TPSA) is 67.5 Å². The Morgan fingerprint density at radius 2 is 1.79 bits per heavy atom. The lowest BCUT2D eigenvalue weighted by molar-refractivity contribution is 0.0838. The molecule has 2 fully saturated rings. The molecule has 28 heavy (non-hydrogen) atoms. The van der Waals surface area contributed by atoms with Gasteiger partial charge in [-0.2, -0.15) is 0 Å². The van der Waals surface area contributed by atoms with Gasteiger partial charge in [0.2, 0.25) is 0 Å². The van der Waals surface area contributed by atoms with Gasteiger partial charge in [-0.05, 0) is 37.6 Å². The summed E-state index contributed by atoms with van der Waals surface area (Å²) in [5.74, 6) is 0.598. The Morgan fingerprint density at radius 3 is 2.39 bits per heavy atom. The number of aromatic nitrogens is 2. The van der Waals surface area contributed by atoms with Crippen LogP contribution < -0.4 is 5.69 Å². The van der Waals surface area contributed by atoms with Crippen LogP contribution in [0.2, 0.25) is 5.02 Å². The smallest absolute Gasteiger partial charge is 0.297 e. The molecule has 2 saturated heterocycles. The van der Waals surface area contributed by atoms with Gasteiger partial charge in [0.1, 0.15) is 0 Å². The zero-order valence-corrected chi connectivity index (χ0v) is 17.5. The van der Waals surface area contributed by atoms with Crippen LogP contribution >= 0.6 is 11.6 Å². The van der Waals surface area contributed by atoms with Crippen LogP contribution in [0.4, 0.5) is 0 Å². The fourth-order valence-electron chi connectivity index (χ4n) is 4.17. The van der Waals surface area contributed by atoms with E-state index in [1.807, 2.05) is 25.3 Å². The molecule has 9 heteroatoms. The second-order valence-corrected chi connectivity index (χ2v) is 10.4. The summed E-state index contributed by atoms with van der Waals surface area (Å²) in [5, 5.41) is 0.641. The first kappa shape index (κ1) is 19.7. The van der Waals surface area contributed by atoms with Crippen LogP contribution in [0, 0.1) is 6.92 Å². The number of imidazole rings is 1. The summed E-state index contributed by atoms with van der Waals surface area (Å²) in [5.41, 5.74) is 1.61. The summed E-state index contributed by atoms with van der Waals surface area (Å²) in [6.07, 6.45) is 2.62. The van der Waals surface area contributed by atoms with Crippen LogP contribution in [-0.4, -0.2) is 71.1 Å². The highest BCUT2D eigenvalue weighted by Crippen LogP contribution is 2.19. The Kier molecular flexibility index (Phi) is 5.39. The maximum atomic E-state index is 12.9. The third kappa shape index (κ3) is 4.05. The van der Waals surface area contributed by atoms with Crippen molar-refractivity contribution in [2.75, 3.05) is 37.7 Å². The lowest BCUT2D eigenvalue weighted by atomic mass is 10.2. The number of aryl methyl sites for hydroxylation is 1. The van der Waals surface area contributed by atoms with Crippen molar-refractivity contribution in [1.29, 1.82) is 0 Å². The van der Waals surface area contributed by atoms with Gasteiger partial charge in [0, 0.05) is 49.1 Å². The molecule has 0 saturated carbocycles. The van der Waals surface area contributed by atoms with Gasteiger partial charge in [-0.25, -0.2) is 13.2 Å². The van der Waals surface area contributed by atoms with Crippen molar-refractivity contribution in [3.8, 4) is 5.69 Å². The van der Waals surface area contributed by atoms with Crippen LogP contribution in [0.15, 0.2) is 35.3 Å². The van der Waals surface area contributed by atoms with E-state index in [1.165, 1.54) is 0 Å². The SMILES string of the molecule is Cc1cn(CN2CCN(C3CCS(=O)(=O)C3)CC2)c(=O)n1-c1ccc(Cl)cc1. The van der Waals surface area contributed by atoms with Crippen LogP contribution in [0.25, 0.3) is 5.69 Å². The predicted molar refractivity (Wildman–Crippen MR) is 110 cm³/mol. The molecular formula is C19H25ClN4O3S. The molecule has 0 amide bonds. The van der Waals surface area contributed by atoms with E-state index in [2.05, 4.69) is 9.80 Å². The maximum absolute atomic E-state index is 12.9. The Hall–Kier alpha value is -1.61. The monoisotopic (exact) mass is 424 g/mol. The number of sulfone groups is 1. The number of halogens is 1. The van der Waals surface area contributed by atoms with E-state index in [-0.39, 0.29) is 17.5 Å². The summed E-state index contributed by atoms with van der Waals surface area (Å²) in [7, 11) is -2.86. The maximum Gasteiger partial charge on any atom is 0.334 e. The molecule has 3 heterocycles. The van der Waals surface area contributed by atoms with E-state index in [1.54, 1.807) is 21.3 Å². The predicted octanol–water partition coefficient (Wildman–Crippen LogP) is 1.36. The highest BCUT2D eigenvalue weighted by Gasteiger charge is 2.33. The largest absolute Gasteiger partial charge is 0.334 e. The number of rotatable bonds is 4. The second-order valence-electron chi connectivity index (χ2n) is 7.69. The first-order chi connectivity index (χ1) is 13.3. The van der Waals surface area contributed by atoms with E-state index in [0.29, 0.717) is 17.4 Å². The Bertz CT molecular complexity index is 1000. The van der Waals surface area contributed by atoms with Crippen LogP contribution in [0.3, 0.4) is 0 Å². The molecule has 0 N–H and O–H groups in total. The molecule has 1 unspecified atom stereocenters. The molecule has 7 nitrogen and oxygen atoms in total. The first-order valence-corrected chi connectivity index (χ1v) is 11.7. The van der Waals surface area contributed by atoms with Crippen molar-refractivity contribution >= 4 is 21.4 Å². The van der Waals surface area contributed by atoms with Gasteiger partial charge in [-0.1, -0.05) is 11.6 Å². The number of piperazine rings is 1. The molecule has 1 atom stereocenters. The quantitative estimate of drug-likeness (QED) is 0.741. The standard InChI is InChI=1S/C19H25ClN4O3S/c1-15-12-23(19(25)24(15)17-4-2-16(20)3-5-17)14-21-7-9-22(10-8-21)18-6-11-28(26,27)13-18/h2-5,12,18H,6-11,13-14H2,1H3. The Balaban J connectivity index is 1.41. The summed E-state index contributed by atoms with van der Waals surface area (Å²) >= 11 is 5.95.